The lowest BCUT2D eigenvalue weighted by molar-refractivity contribution is 0.0570. The molecule has 154 valence electrons. The number of carbonyl (C=O) groups excluding carboxylic acids is 3. The highest BCUT2D eigenvalue weighted by molar-refractivity contribution is 5.99. The summed E-state index contributed by atoms with van der Waals surface area (Å²) in [5.41, 5.74) is 0.950. The van der Waals surface area contributed by atoms with Gasteiger partial charge < -0.3 is 24.8 Å². The normalized spacial score (nSPS) is 14.1. The first-order valence-electron chi connectivity index (χ1n) is 9.66. The molecular weight excluding hydrogens is 360 g/mol. The van der Waals surface area contributed by atoms with E-state index in [9.17, 15) is 14.4 Å². The number of nitrogens with one attached hydrogen (secondary N) is 1. The monoisotopic (exact) mass is 390 g/mol. The molecule has 0 saturated carbocycles. The van der Waals surface area contributed by atoms with Crippen LogP contribution in [0.25, 0.3) is 0 Å². The summed E-state index contributed by atoms with van der Waals surface area (Å²) in [6, 6.07) is 6.76. The third kappa shape index (κ3) is 6.23. The smallest absolute Gasteiger partial charge is 0.409 e. The van der Waals surface area contributed by atoms with Crippen LogP contribution in [0.4, 0.5) is 4.79 Å². The first-order valence-corrected chi connectivity index (χ1v) is 9.66. The highest BCUT2D eigenvalue weighted by atomic mass is 16.6. The van der Waals surface area contributed by atoms with E-state index >= 15 is 0 Å². The minimum Gasteiger partial charge on any atom is -0.450 e. The van der Waals surface area contributed by atoms with Crippen LogP contribution in [0.5, 0.6) is 0 Å². The van der Waals surface area contributed by atoms with Gasteiger partial charge in [0.2, 0.25) is 0 Å². The summed E-state index contributed by atoms with van der Waals surface area (Å²) in [4.78, 5) is 42.2. The van der Waals surface area contributed by atoms with Crippen LogP contribution in [0.15, 0.2) is 24.3 Å². The molecule has 28 heavy (non-hydrogen) atoms. The molecule has 1 aliphatic rings. The molecule has 0 spiro atoms. The minimum absolute atomic E-state index is 0.134. The van der Waals surface area contributed by atoms with Crippen LogP contribution in [0.1, 0.15) is 34.1 Å². The third-order valence-corrected chi connectivity index (χ3v) is 4.53. The highest BCUT2D eigenvalue weighted by Crippen LogP contribution is 2.12. The molecule has 0 aromatic heterocycles. The maximum Gasteiger partial charge on any atom is 0.409 e. The summed E-state index contributed by atoms with van der Waals surface area (Å²) in [6.07, 6.45) is 0.518. The van der Waals surface area contributed by atoms with Gasteiger partial charge in [-0.1, -0.05) is 6.07 Å². The number of amides is 3. The summed E-state index contributed by atoms with van der Waals surface area (Å²) in [5.74, 6) is -0.314. The Bertz CT molecular complexity index is 685. The van der Waals surface area contributed by atoms with Crippen molar-refractivity contribution in [2.45, 2.75) is 13.3 Å². The fourth-order valence-corrected chi connectivity index (χ4v) is 2.98. The lowest BCUT2D eigenvalue weighted by Crippen LogP contribution is -2.50. The van der Waals surface area contributed by atoms with Crippen molar-refractivity contribution in [1.82, 2.24) is 20.0 Å². The summed E-state index contributed by atoms with van der Waals surface area (Å²) in [7, 11) is 3.98. The molecular formula is C20H30N4O4. The Balaban J connectivity index is 1.90. The van der Waals surface area contributed by atoms with Crippen molar-refractivity contribution in [3.05, 3.63) is 35.4 Å². The van der Waals surface area contributed by atoms with Gasteiger partial charge in [0.1, 0.15) is 0 Å². The second-order valence-corrected chi connectivity index (χ2v) is 6.97. The Labute approximate surface area is 166 Å². The van der Waals surface area contributed by atoms with Gasteiger partial charge in [-0.2, -0.15) is 0 Å². The first kappa shape index (κ1) is 21.7. The lowest BCUT2D eigenvalue weighted by atomic mass is 10.1. The Morgan fingerprint density at radius 3 is 2.36 bits per heavy atom. The first-order chi connectivity index (χ1) is 13.4. The van der Waals surface area contributed by atoms with Crippen LogP contribution < -0.4 is 5.32 Å². The molecule has 8 nitrogen and oxygen atoms in total. The molecule has 1 aliphatic heterocycles. The summed E-state index contributed by atoms with van der Waals surface area (Å²) in [6.45, 7) is 5.36. The molecule has 1 N–H and O–H groups in total. The summed E-state index contributed by atoms with van der Waals surface area (Å²) >= 11 is 0. The van der Waals surface area contributed by atoms with Gasteiger partial charge in [-0.15, -0.1) is 0 Å². The number of piperazine rings is 1. The molecule has 2 rings (SSSR count). The number of ether oxygens (including phenoxy) is 1. The van der Waals surface area contributed by atoms with E-state index < -0.39 is 0 Å². The fraction of sp³-hybridized carbons (Fsp3) is 0.550. The van der Waals surface area contributed by atoms with Gasteiger partial charge in [0.25, 0.3) is 11.8 Å². The fourth-order valence-electron chi connectivity index (χ4n) is 2.98. The Morgan fingerprint density at radius 2 is 1.71 bits per heavy atom. The molecule has 1 fully saturated rings. The van der Waals surface area contributed by atoms with E-state index in [2.05, 4.69) is 10.2 Å². The van der Waals surface area contributed by atoms with Crippen LogP contribution in [-0.4, -0.2) is 92.6 Å². The van der Waals surface area contributed by atoms with E-state index in [4.69, 9.17) is 4.74 Å². The average Bonchev–Trinajstić information content (AvgIpc) is 2.70. The van der Waals surface area contributed by atoms with Crippen molar-refractivity contribution < 1.29 is 19.1 Å². The number of benzene rings is 1. The van der Waals surface area contributed by atoms with Crippen molar-refractivity contribution in [3.8, 4) is 0 Å². The number of hydrogen-bond acceptors (Lipinski definition) is 5. The van der Waals surface area contributed by atoms with E-state index in [1.807, 2.05) is 14.1 Å². The molecule has 0 atom stereocenters. The standard InChI is InChI=1S/C20H30N4O4/c1-4-28-20(27)24-13-11-23(12-14-24)19(26)17-8-5-7-16(15-17)18(25)21-9-6-10-22(2)3/h5,7-8,15H,4,6,9-14H2,1-3H3,(H,21,25). The Morgan fingerprint density at radius 1 is 1.07 bits per heavy atom. The highest BCUT2D eigenvalue weighted by Gasteiger charge is 2.25. The minimum atomic E-state index is -0.345. The molecule has 3 amide bonds. The zero-order valence-corrected chi connectivity index (χ0v) is 16.9. The van der Waals surface area contributed by atoms with Crippen molar-refractivity contribution in [2.75, 3.05) is 60.0 Å². The summed E-state index contributed by atoms with van der Waals surface area (Å²) in [5, 5.41) is 2.88. The van der Waals surface area contributed by atoms with Gasteiger partial charge in [-0.25, -0.2) is 4.79 Å². The molecule has 8 heteroatoms. The van der Waals surface area contributed by atoms with Crippen LogP contribution in [-0.2, 0) is 4.74 Å². The van der Waals surface area contributed by atoms with E-state index in [0.717, 1.165) is 13.0 Å². The van der Waals surface area contributed by atoms with Crippen LogP contribution in [0, 0.1) is 0 Å². The molecule has 0 aliphatic carbocycles. The van der Waals surface area contributed by atoms with Gasteiger partial charge in [0.05, 0.1) is 6.61 Å². The molecule has 1 heterocycles. The van der Waals surface area contributed by atoms with Crippen molar-refractivity contribution in [2.24, 2.45) is 0 Å². The zero-order chi connectivity index (χ0) is 20.5. The molecule has 0 radical (unpaired) electrons. The van der Waals surface area contributed by atoms with Crippen LogP contribution in [0.3, 0.4) is 0 Å². The number of hydrogen-bond donors (Lipinski definition) is 1. The Hall–Kier alpha value is -2.61. The van der Waals surface area contributed by atoms with E-state index in [-0.39, 0.29) is 17.9 Å². The number of rotatable bonds is 7. The van der Waals surface area contributed by atoms with Crippen molar-refractivity contribution in [3.63, 3.8) is 0 Å². The lowest BCUT2D eigenvalue weighted by Gasteiger charge is -2.34. The number of nitrogens with zero attached hydrogens (tertiary/aromatic N) is 3. The van der Waals surface area contributed by atoms with Crippen molar-refractivity contribution in [1.29, 1.82) is 0 Å². The van der Waals surface area contributed by atoms with E-state index in [0.29, 0.717) is 50.5 Å². The molecule has 0 bridgehead atoms. The molecule has 0 unspecified atom stereocenters. The second kappa shape index (κ2) is 10.7. The Kier molecular flexibility index (Phi) is 8.25. The third-order valence-electron chi connectivity index (χ3n) is 4.53. The van der Waals surface area contributed by atoms with Gasteiger partial charge >= 0.3 is 6.09 Å². The molecule has 1 saturated heterocycles. The van der Waals surface area contributed by atoms with Crippen molar-refractivity contribution >= 4 is 17.9 Å². The topological polar surface area (TPSA) is 82.2 Å². The van der Waals surface area contributed by atoms with Gasteiger partial charge in [0, 0.05) is 43.9 Å². The maximum absolute atomic E-state index is 12.8. The largest absolute Gasteiger partial charge is 0.450 e. The quantitative estimate of drug-likeness (QED) is 0.710. The molecule has 1 aromatic rings. The van der Waals surface area contributed by atoms with E-state index in [1.54, 1.807) is 41.0 Å². The van der Waals surface area contributed by atoms with Gasteiger partial charge in [0.15, 0.2) is 0 Å². The summed E-state index contributed by atoms with van der Waals surface area (Å²) < 4.78 is 4.99. The second-order valence-electron chi connectivity index (χ2n) is 6.97. The molecule has 1 aromatic carbocycles. The maximum atomic E-state index is 12.8. The number of carbonyl (C=O) groups is 3. The van der Waals surface area contributed by atoms with Gasteiger partial charge in [-0.3, -0.25) is 9.59 Å². The predicted molar refractivity (Wildman–Crippen MR) is 106 cm³/mol. The van der Waals surface area contributed by atoms with E-state index in [1.165, 1.54) is 0 Å². The zero-order valence-electron chi connectivity index (χ0n) is 16.9. The SMILES string of the molecule is CCOC(=O)N1CCN(C(=O)c2cccc(C(=O)NCCCN(C)C)c2)CC1. The predicted octanol–water partition coefficient (Wildman–Crippen LogP) is 1.28. The van der Waals surface area contributed by atoms with Crippen LogP contribution in [0.2, 0.25) is 0 Å². The van der Waals surface area contributed by atoms with Gasteiger partial charge in [-0.05, 0) is 52.2 Å². The van der Waals surface area contributed by atoms with Crippen LogP contribution >= 0.6 is 0 Å². The average molecular weight is 390 g/mol.